The molecule has 0 bridgehead atoms. The molecule has 2 rings (SSSR count). The highest BCUT2D eigenvalue weighted by Crippen LogP contribution is 2.20. The van der Waals surface area contributed by atoms with Gasteiger partial charge in [-0.1, -0.05) is 24.6 Å². The summed E-state index contributed by atoms with van der Waals surface area (Å²) in [4.78, 5) is 13.1. The number of aryl methyl sites for hydroxylation is 1. The van der Waals surface area contributed by atoms with Gasteiger partial charge in [0.15, 0.2) is 0 Å². The molecule has 1 amide bonds. The number of rotatable bonds is 6. The summed E-state index contributed by atoms with van der Waals surface area (Å²) in [6.45, 7) is 6.24. The molecule has 0 radical (unpaired) electrons. The molecule has 0 aliphatic rings. The average Bonchev–Trinajstić information content (AvgIpc) is 2.94. The summed E-state index contributed by atoms with van der Waals surface area (Å²) in [5, 5.41) is 7.19. The molecular weight excluding hydrogens is 282 g/mol. The molecule has 1 heterocycles. The lowest BCUT2D eigenvalue weighted by atomic mass is 10.2. The number of anilines is 1. The van der Waals surface area contributed by atoms with Crippen molar-refractivity contribution in [1.29, 1.82) is 0 Å². The highest BCUT2D eigenvalue weighted by molar-refractivity contribution is 8.00. The number of nitrogens with zero attached hydrogens (tertiary/aromatic N) is 2. The summed E-state index contributed by atoms with van der Waals surface area (Å²) < 4.78 is 1.86. The van der Waals surface area contributed by atoms with Gasteiger partial charge in [-0.3, -0.25) is 4.79 Å². The molecule has 0 spiro atoms. The van der Waals surface area contributed by atoms with Gasteiger partial charge in [-0.2, -0.15) is 5.10 Å². The molecule has 1 aromatic carbocycles. The standard InChI is InChI=1S/C16H21N3OS/c1-4-13(3)19-15(9-10-17-19)18-16(20)11-21-14-7-5-12(2)6-8-14/h5-10,13H,4,11H2,1-3H3,(H,18,20). The topological polar surface area (TPSA) is 46.9 Å². The second-order valence-electron chi connectivity index (χ2n) is 5.07. The van der Waals surface area contributed by atoms with Crippen molar-refractivity contribution in [1.82, 2.24) is 9.78 Å². The van der Waals surface area contributed by atoms with Gasteiger partial charge in [0.2, 0.25) is 5.91 Å². The van der Waals surface area contributed by atoms with Crippen molar-refractivity contribution >= 4 is 23.5 Å². The van der Waals surface area contributed by atoms with Crippen LogP contribution >= 0.6 is 11.8 Å². The number of nitrogens with one attached hydrogen (secondary N) is 1. The number of amides is 1. The Balaban J connectivity index is 1.90. The molecule has 1 unspecified atom stereocenters. The van der Waals surface area contributed by atoms with E-state index in [0.29, 0.717) is 5.75 Å². The molecule has 1 atom stereocenters. The fraction of sp³-hybridized carbons (Fsp3) is 0.375. The molecule has 0 fully saturated rings. The van der Waals surface area contributed by atoms with Gasteiger partial charge in [0.25, 0.3) is 0 Å². The Morgan fingerprint density at radius 1 is 1.33 bits per heavy atom. The number of carbonyl (C=O) groups is 1. The lowest BCUT2D eigenvalue weighted by molar-refractivity contribution is -0.113. The first-order valence-corrected chi connectivity index (χ1v) is 8.11. The quantitative estimate of drug-likeness (QED) is 0.823. The Morgan fingerprint density at radius 2 is 2.05 bits per heavy atom. The SMILES string of the molecule is CCC(C)n1nccc1NC(=O)CSc1ccc(C)cc1. The van der Waals surface area contributed by atoms with Gasteiger partial charge in [-0.05, 0) is 32.4 Å². The van der Waals surface area contributed by atoms with Crippen molar-refractivity contribution in [2.45, 2.75) is 38.1 Å². The van der Waals surface area contributed by atoms with Crippen LogP contribution in [0.1, 0.15) is 31.9 Å². The minimum atomic E-state index is -0.00868. The lowest BCUT2D eigenvalue weighted by Gasteiger charge is -2.14. The first-order chi connectivity index (χ1) is 10.1. The summed E-state index contributed by atoms with van der Waals surface area (Å²) in [6.07, 6.45) is 2.69. The highest BCUT2D eigenvalue weighted by atomic mass is 32.2. The van der Waals surface area contributed by atoms with E-state index in [1.807, 2.05) is 22.9 Å². The van der Waals surface area contributed by atoms with E-state index >= 15 is 0 Å². The Morgan fingerprint density at radius 3 is 2.71 bits per heavy atom. The minimum absolute atomic E-state index is 0.00868. The van der Waals surface area contributed by atoms with E-state index in [4.69, 9.17) is 0 Å². The first-order valence-electron chi connectivity index (χ1n) is 7.13. The van der Waals surface area contributed by atoms with Crippen LogP contribution in [0.2, 0.25) is 0 Å². The molecule has 112 valence electrons. The van der Waals surface area contributed by atoms with Crippen LogP contribution in [0.15, 0.2) is 41.4 Å². The van der Waals surface area contributed by atoms with Gasteiger partial charge in [-0.15, -0.1) is 11.8 Å². The van der Waals surface area contributed by atoms with E-state index in [0.717, 1.165) is 17.1 Å². The monoisotopic (exact) mass is 303 g/mol. The van der Waals surface area contributed by atoms with Gasteiger partial charge in [-0.25, -0.2) is 4.68 Å². The third-order valence-corrected chi connectivity index (χ3v) is 4.35. The predicted octanol–water partition coefficient (Wildman–Crippen LogP) is 3.89. The number of carbonyl (C=O) groups excluding carboxylic acids is 1. The molecular formula is C16H21N3OS. The molecule has 0 saturated heterocycles. The summed E-state index contributed by atoms with van der Waals surface area (Å²) in [5.41, 5.74) is 1.22. The van der Waals surface area contributed by atoms with Gasteiger partial charge in [0, 0.05) is 11.0 Å². The number of benzene rings is 1. The minimum Gasteiger partial charge on any atom is -0.310 e. The van der Waals surface area contributed by atoms with Crippen molar-refractivity contribution in [2.24, 2.45) is 0 Å². The molecule has 0 aliphatic heterocycles. The zero-order chi connectivity index (χ0) is 15.2. The molecule has 1 N–H and O–H groups in total. The van der Waals surface area contributed by atoms with E-state index in [1.165, 1.54) is 17.3 Å². The van der Waals surface area contributed by atoms with E-state index in [9.17, 15) is 4.79 Å². The van der Waals surface area contributed by atoms with Crippen LogP contribution in [0.4, 0.5) is 5.82 Å². The second kappa shape index (κ2) is 7.31. The van der Waals surface area contributed by atoms with E-state index in [-0.39, 0.29) is 11.9 Å². The normalized spacial score (nSPS) is 12.1. The van der Waals surface area contributed by atoms with Crippen molar-refractivity contribution < 1.29 is 4.79 Å². The Bertz CT molecular complexity index is 592. The number of hydrogen-bond acceptors (Lipinski definition) is 3. The van der Waals surface area contributed by atoms with Crippen LogP contribution < -0.4 is 5.32 Å². The molecule has 21 heavy (non-hydrogen) atoms. The molecule has 2 aromatic rings. The van der Waals surface area contributed by atoms with Crippen molar-refractivity contribution in [3.05, 3.63) is 42.1 Å². The zero-order valence-electron chi connectivity index (χ0n) is 12.7. The van der Waals surface area contributed by atoms with Crippen LogP contribution in [0.25, 0.3) is 0 Å². The van der Waals surface area contributed by atoms with Crippen LogP contribution in [0.3, 0.4) is 0 Å². The first kappa shape index (κ1) is 15.6. The number of hydrogen-bond donors (Lipinski definition) is 1. The fourth-order valence-corrected chi connectivity index (χ4v) is 2.60. The molecule has 1 aromatic heterocycles. The van der Waals surface area contributed by atoms with Gasteiger partial charge in [0.1, 0.15) is 5.82 Å². The maximum atomic E-state index is 12.0. The van der Waals surface area contributed by atoms with E-state index in [2.05, 4.69) is 43.3 Å². The summed E-state index contributed by atoms with van der Waals surface area (Å²) in [6, 6.07) is 10.3. The smallest absolute Gasteiger partial charge is 0.235 e. The van der Waals surface area contributed by atoms with Crippen molar-refractivity contribution in [3.63, 3.8) is 0 Å². The van der Waals surface area contributed by atoms with Crippen LogP contribution in [-0.2, 0) is 4.79 Å². The lowest BCUT2D eigenvalue weighted by Crippen LogP contribution is -2.18. The average molecular weight is 303 g/mol. The van der Waals surface area contributed by atoms with Crippen molar-refractivity contribution in [2.75, 3.05) is 11.1 Å². The van der Waals surface area contributed by atoms with Crippen LogP contribution in [-0.4, -0.2) is 21.4 Å². The molecule has 0 saturated carbocycles. The van der Waals surface area contributed by atoms with E-state index in [1.54, 1.807) is 6.20 Å². The fourth-order valence-electron chi connectivity index (χ4n) is 1.90. The van der Waals surface area contributed by atoms with Crippen molar-refractivity contribution in [3.8, 4) is 0 Å². The Kier molecular flexibility index (Phi) is 5.44. The number of thioether (sulfide) groups is 1. The largest absolute Gasteiger partial charge is 0.310 e. The van der Waals surface area contributed by atoms with Gasteiger partial charge in [0.05, 0.1) is 18.0 Å². The number of aromatic nitrogens is 2. The second-order valence-corrected chi connectivity index (χ2v) is 6.12. The Labute approximate surface area is 129 Å². The third kappa shape index (κ3) is 4.36. The molecule has 0 aliphatic carbocycles. The highest BCUT2D eigenvalue weighted by Gasteiger charge is 2.11. The van der Waals surface area contributed by atoms with E-state index < -0.39 is 0 Å². The summed E-state index contributed by atoms with van der Waals surface area (Å²) in [5.74, 6) is 1.15. The third-order valence-electron chi connectivity index (χ3n) is 3.34. The maximum absolute atomic E-state index is 12.0. The maximum Gasteiger partial charge on any atom is 0.235 e. The predicted molar refractivity (Wildman–Crippen MR) is 87.8 cm³/mol. The van der Waals surface area contributed by atoms with Gasteiger partial charge >= 0.3 is 0 Å². The Hall–Kier alpha value is -1.75. The molecule has 4 nitrogen and oxygen atoms in total. The van der Waals surface area contributed by atoms with Gasteiger partial charge < -0.3 is 5.32 Å². The molecule has 5 heteroatoms. The van der Waals surface area contributed by atoms with Crippen LogP contribution in [0.5, 0.6) is 0 Å². The summed E-state index contributed by atoms with van der Waals surface area (Å²) >= 11 is 1.54. The van der Waals surface area contributed by atoms with Crippen LogP contribution in [0, 0.1) is 6.92 Å². The zero-order valence-corrected chi connectivity index (χ0v) is 13.5. The summed E-state index contributed by atoms with van der Waals surface area (Å²) in [7, 11) is 0.